The third kappa shape index (κ3) is 3.57. The van der Waals surface area contributed by atoms with Crippen molar-refractivity contribution in [3.8, 4) is 22.5 Å². The Morgan fingerprint density at radius 2 is 1.91 bits per heavy atom. The molecule has 1 aliphatic carbocycles. The van der Waals surface area contributed by atoms with Gasteiger partial charge in [0.05, 0.1) is 35.8 Å². The molecule has 4 aromatic rings. The average Bonchev–Trinajstić information content (AvgIpc) is 3.17. The number of nitrogen functional groups attached to an aromatic ring is 1. The van der Waals surface area contributed by atoms with Crippen LogP contribution in [0.1, 0.15) is 32.7 Å². The Morgan fingerprint density at radius 3 is 2.62 bits per heavy atom. The molecule has 0 amide bonds. The zero-order valence-electron chi connectivity index (χ0n) is 19.2. The molecule has 0 spiro atoms. The molecule has 0 radical (unpaired) electrons. The molecular formula is C27H25N5O2. The zero-order chi connectivity index (χ0) is 23.9. The van der Waals surface area contributed by atoms with E-state index in [0.29, 0.717) is 36.6 Å². The van der Waals surface area contributed by atoms with E-state index < -0.39 is 5.41 Å². The molecule has 0 bridgehead atoms. The number of nitrogens with zero attached hydrogens (tertiary/aromatic N) is 4. The van der Waals surface area contributed by atoms with E-state index in [4.69, 9.17) is 27.1 Å². The third-order valence-corrected chi connectivity index (χ3v) is 6.55. The highest BCUT2D eigenvalue weighted by Crippen LogP contribution is 2.51. The third-order valence-electron chi connectivity index (χ3n) is 6.55. The van der Waals surface area contributed by atoms with Crippen molar-refractivity contribution in [2.45, 2.75) is 32.7 Å². The van der Waals surface area contributed by atoms with Crippen molar-refractivity contribution in [3.05, 3.63) is 72.1 Å². The van der Waals surface area contributed by atoms with E-state index in [-0.39, 0.29) is 12.0 Å². The van der Waals surface area contributed by atoms with Crippen LogP contribution in [0, 0.1) is 12.0 Å². The van der Waals surface area contributed by atoms with E-state index in [2.05, 4.69) is 4.85 Å². The first-order valence-corrected chi connectivity index (χ1v) is 11.3. The Balaban J connectivity index is 1.50. The standard InChI is InChI=1S/C27H25N5O2/c1-4-34-26(33)27(2)15-20(16-27)32-25(28)24(29-3)23(31-32)19-11-10-18-12-13-21(30-22(18)14-19)17-8-6-5-7-9-17/h5-14,20H,4,15-16,28H2,1-2H3. The van der Waals surface area contributed by atoms with Crippen molar-refractivity contribution in [3.63, 3.8) is 0 Å². The Hall–Kier alpha value is -4.18. The molecular weight excluding hydrogens is 426 g/mol. The highest BCUT2D eigenvalue weighted by Gasteiger charge is 2.49. The summed E-state index contributed by atoms with van der Waals surface area (Å²) in [5.41, 5.74) is 10.2. The molecule has 7 nitrogen and oxygen atoms in total. The topological polar surface area (TPSA) is 87.4 Å². The number of ether oxygens (including phenoxy) is 1. The van der Waals surface area contributed by atoms with Crippen LogP contribution in [-0.4, -0.2) is 27.3 Å². The second kappa shape index (κ2) is 8.31. The summed E-state index contributed by atoms with van der Waals surface area (Å²) in [6.45, 7) is 11.8. The van der Waals surface area contributed by atoms with Crippen molar-refractivity contribution in [1.82, 2.24) is 14.8 Å². The monoisotopic (exact) mass is 451 g/mol. The van der Waals surface area contributed by atoms with E-state index in [1.54, 1.807) is 11.6 Å². The van der Waals surface area contributed by atoms with Crippen LogP contribution in [0.3, 0.4) is 0 Å². The SMILES string of the molecule is [C-]#[N+]c1c(-c2ccc3ccc(-c4ccccc4)nc3c2)nn(C2CC(C)(C(=O)OCC)C2)c1N. The first-order valence-electron chi connectivity index (χ1n) is 11.3. The van der Waals surface area contributed by atoms with Crippen LogP contribution in [0.5, 0.6) is 0 Å². The number of fused-ring (bicyclic) bond motifs is 1. The van der Waals surface area contributed by atoms with Gasteiger partial charge in [-0.2, -0.15) is 5.10 Å². The van der Waals surface area contributed by atoms with Crippen molar-refractivity contribution >= 4 is 28.4 Å². The van der Waals surface area contributed by atoms with Crippen LogP contribution in [0.2, 0.25) is 0 Å². The first-order chi connectivity index (χ1) is 16.4. The minimum Gasteiger partial charge on any atom is -0.466 e. The molecule has 170 valence electrons. The number of hydrogen-bond acceptors (Lipinski definition) is 5. The number of rotatable bonds is 5. The number of carbonyl (C=O) groups excluding carboxylic acids is 1. The van der Waals surface area contributed by atoms with Crippen LogP contribution in [0.25, 0.3) is 38.3 Å². The molecule has 2 aromatic heterocycles. The molecule has 0 saturated heterocycles. The van der Waals surface area contributed by atoms with Crippen LogP contribution in [0.4, 0.5) is 11.5 Å². The smallest absolute Gasteiger partial charge is 0.311 e. The van der Waals surface area contributed by atoms with Gasteiger partial charge in [-0.3, -0.25) is 9.48 Å². The van der Waals surface area contributed by atoms with Crippen molar-refractivity contribution in [1.29, 1.82) is 0 Å². The number of esters is 1. The summed E-state index contributed by atoms with van der Waals surface area (Å²) < 4.78 is 6.91. The number of carbonyl (C=O) groups is 1. The maximum absolute atomic E-state index is 12.3. The van der Waals surface area contributed by atoms with Gasteiger partial charge in [-0.25, -0.2) is 9.83 Å². The van der Waals surface area contributed by atoms with Gasteiger partial charge in [-0.15, -0.1) is 0 Å². The van der Waals surface area contributed by atoms with Gasteiger partial charge in [-0.1, -0.05) is 48.5 Å². The van der Waals surface area contributed by atoms with Gasteiger partial charge >= 0.3 is 5.97 Å². The predicted molar refractivity (Wildman–Crippen MR) is 132 cm³/mol. The molecule has 2 aromatic carbocycles. The minimum absolute atomic E-state index is 0.0491. The Bertz CT molecular complexity index is 1430. The molecule has 2 N–H and O–H groups in total. The highest BCUT2D eigenvalue weighted by molar-refractivity contribution is 5.90. The maximum atomic E-state index is 12.3. The molecule has 1 fully saturated rings. The van der Waals surface area contributed by atoms with Crippen LogP contribution in [-0.2, 0) is 9.53 Å². The quantitative estimate of drug-likeness (QED) is 0.306. The van der Waals surface area contributed by atoms with Gasteiger partial charge in [0.2, 0.25) is 0 Å². The number of hydrogen-bond donors (Lipinski definition) is 1. The van der Waals surface area contributed by atoms with Crippen molar-refractivity contribution in [2.75, 3.05) is 12.3 Å². The molecule has 1 saturated carbocycles. The lowest BCUT2D eigenvalue weighted by molar-refractivity contribution is -0.162. The summed E-state index contributed by atoms with van der Waals surface area (Å²) in [6, 6.07) is 19.9. The summed E-state index contributed by atoms with van der Waals surface area (Å²) in [5, 5.41) is 5.73. The summed E-state index contributed by atoms with van der Waals surface area (Å²) in [6.07, 6.45) is 1.16. The lowest BCUT2D eigenvalue weighted by Crippen LogP contribution is -2.44. The molecule has 34 heavy (non-hydrogen) atoms. The summed E-state index contributed by atoms with van der Waals surface area (Å²) in [7, 11) is 0. The minimum atomic E-state index is -0.543. The Labute approximate surface area is 198 Å². The number of aromatic nitrogens is 3. The maximum Gasteiger partial charge on any atom is 0.311 e. The second-order valence-corrected chi connectivity index (χ2v) is 8.95. The van der Waals surface area contributed by atoms with Crippen LogP contribution >= 0.6 is 0 Å². The summed E-state index contributed by atoms with van der Waals surface area (Å²) in [5.74, 6) is 0.129. The fourth-order valence-corrected chi connectivity index (χ4v) is 4.68. The number of pyridine rings is 1. The molecule has 0 aliphatic heterocycles. The second-order valence-electron chi connectivity index (χ2n) is 8.95. The van der Waals surface area contributed by atoms with Gasteiger partial charge in [0, 0.05) is 10.9 Å². The lowest BCUT2D eigenvalue weighted by atomic mass is 9.67. The van der Waals surface area contributed by atoms with E-state index in [1.165, 1.54) is 0 Å². The van der Waals surface area contributed by atoms with Gasteiger partial charge in [0.1, 0.15) is 11.5 Å². The van der Waals surface area contributed by atoms with Crippen molar-refractivity contribution in [2.24, 2.45) is 5.41 Å². The largest absolute Gasteiger partial charge is 0.466 e. The Kier molecular flexibility index (Phi) is 5.29. The summed E-state index contributed by atoms with van der Waals surface area (Å²) >= 11 is 0. The zero-order valence-corrected chi connectivity index (χ0v) is 19.2. The van der Waals surface area contributed by atoms with Crippen molar-refractivity contribution < 1.29 is 9.53 Å². The Morgan fingerprint density at radius 1 is 1.18 bits per heavy atom. The van der Waals surface area contributed by atoms with Gasteiger partial charge < -0.3 is 10.5 Å². The average molecular weight is 452 g/mol. The molecule has 1 aliphatic rings. The molecule has 0 unspecified atom stereocenters. The highest BCUT2D eigenvalue weighted by atomic mass is 16.5. The number of anilines is 1. The normalized spacial score (nSPS) is 19.4. The number of benzene rings is 2. The summed E-state index contributed by atoms with van der Waals surface area (Å²) in [4.78, 5) is 20.8. The van der Waals surface area contributed by atoms with Crippen LogP contribution < -0.4 is 5.73 Å². The molecule has 7 heteroatoms. The van der Waals surface area contributed by atoms with E-state index in [9.17, 15) is 4.79 Å². The van der Waals surface area contributed by atoms with E-state index in [0.717, 1.165) is 27.7 Å². The lowest BCUT2D eigenvalue weighted by Gasteiger charge is -2.43. The predicted octanol–water partition coefficient (Wildman–Crippen LogP) is 5.80. The van der Waals surface area contributed by atoms with Gasteiger partial charge in [0.25, 0.3) is 5.69 Å². The van der Waals surface area contributed by atoms with Gasteiger partial charge in [0.15, 0.2) is 0 Å². The number of nitrogens with two attached hydrogens (primary N) is 1. The van der Waals surface area contributed by atoms with Gasteiger partial charge in [-0.05, 0) is 44.4 Å². The van der Waals surface area contributed by atoms with Crippen LogP contribution in [0.15, 0.2) is 60.7 Å². The molecule has 5 rings (SSSR count). The first kappa shape index (κ1) is 21.7. The van der Waals surface area contributed by atoms with E-state index >= 15 is 0 Å². The fourth-order valence-electron chi connectivity index (χ4n) is 4.68. The fraction of sp³-hybridized carbons (Fsp3) is 0.259. The molecule has 0 atom stereocenters. The molecule has 2 heterocycles. The van der Waals surface area contributed by atoms with E-state index in [1.807, 2.05) is 67.6 Å².